The van der Waals surface area contributed by atoms with Crippen LogP contribution in [0.25, 0.3) is 0 Å². The Kier molecular flexibility index (Phi) is 5.75. The van der Waals surface area contributed by atoms with Crippen molar-refractivity contribution in [1.29, 1.82) is 0 Å². The van der Waals surface area contributed by atoms with E-state index >= 15 is 0 Å². The molecule has 0 bridgehead atoms. The maximum atomic E-state index is 12.5. The van der Waals surface area contributed by atoms with Crippen LogP contribution >= 0.6 is 11.6 Å². The van der Waals surface area contributed by atoms with E-state index in [0.29, 0.717) is 18.0 Å². The van der Waals surface area contributed by atoms with Gasteiger partial charge in [-0.25, -0.2) is 9.97 Å². The zero-order chi connectivity index (χ0) is 17.5. The van der Waals surface area contributed by atoms with Crippen LogP contribution in [0.3, 0.4) is 0 Å². The largest absolute Gasteiger partial charge is 0.350 e. The second-order valence-corrected chi connectivity index (χ2v) is 6.14. The summed E-state index contributed by atoms with van der Waals surface area (Å²) in [5.41, 5.74) is 2.89. The highest BCUT2D eigenvalue weighted by Crippen LogP contribution is 2.29. The minimum atomic E-state index is -0.0506. The highest BCUT2D eigenvalue weighted by Gasteiger charge is 2.18. The van der Waals surface area contributed by atoms with Crippen LogP contribution in [0.4, 0.5) is 0 Å². The molecule has 0 fully saturated rings. The smallest absolute Gasteiger partial charge is 0.221 e. The summed E-state index contributed by atoms with van der Waals surface area (Å²) in [6.45, 7) is 0.387. The molecule has 126 valence electrons. The number of carbonyl (C=O) groups is 1. The van der Waals surface area contributed by atoms with Gasteiger partial charge in [-0.3, -0.25) is 4.79 Å². The van der Waals surface area contributed by atoms with Crippen LogP contribution in [0.2, 0.25) is 5.02 Å². The van der Waals surface area contributed by atoms with E-state index in [1.165, 1.54) is 6.33 Å². The number of nitrogens with one attached hydrogen (secondary N) is 1. The Morgan fingerprint density at radius 3 is 2.56 bits per heavy atom. The third-order valence-electron chi connectivity index (χ3n) is 3.95. The van der Waals surface area contributed by atoms with Gasteiger partial charge in [-0.2, -0.15) is 0 Å². The molecule has 0 aliphatic carbocycles. The Hall–Kier alpha value is -2.72. The number of halogens is 1. The molecule has 0 unspecified atom stereocenters. The number of carbonyl (C=O) groups excluding carboxylic acids is 1. The molecule has 0 radical (unpaired) electrons. The molecule has 2 aromatic carbocycles. The lowest BCUT2D eigenvalue weighted by atomic mass is 9.88. The van der Waals surface area contributed by atoms with Gasteiger partial charge in [0.1, 0.15) is 6.33 Å². The second kappa shape index (κ2) is 8.40. The number of hydrogen-bond donors (Lipinski definition) is 1. The van der Waals surface area contributed by atoms with Gasteiger partial charge in [0.2, 0.25) is 5.91 Å². The lowest BCUT2D eigenvalue weighted by Gasteiger charge is -2.18. The van der Waals surface area contributed by atoms with E-state index in [1.807, 2.05) is 54.6 Å². The normalized spacial score (nSPS) is 11.7. The van der Waals surface area contributed by atoms with Gasteiger partial charge in [-0.05, 0) is 29.3 Å². The zero-order valence-corrected chi connectivity index (χ0v) is 14.4. The molecule has 4 nitrogen and oxygen atoms in total. The van der Waals surface area contributed by atoms with Gasteiger partial charge in [-0.1, -0.05) is 54.1 Å². The van der Waals surface area contributed by atoms with Crippen LogP contribution < -0.4 is 5.32 Å². The van der Waals surface area contributed by atoms with Crippen LogP contribution in [-0.2, 0) is 11.3 Å². The van der Waals surface area contributed by atoms with Gasteiger partial charge in [0, 0.05) is 23.6 Å². The van der Waals surface area contributed by atoms with Crippen LogP contribution in [0.15, 0.2) is 73.2 Å². The molecule has 0 saturated heterocycles. The fourth-order valence-corrected chi connectivity index (χ4v) is 2.90. The standard InChI is InChI=1S/C20H18ClN3O/c21-17-8-4-7-16(11-17)19(15-5-2-1-3-6-15)12-20(25)23-13-18-9-10-22-14-24-18/h1-11,14,19H,12-13H2,(H,23,25)/t19-/m0/s1. The van der Waals surface area contributed by atoms with Crippen molar-refractivity contribution in [3.8, 4) is 0 Å². The highest BCUT2D eigenvalue weighted by molar-refractivity contribution is 6.30. The van der Waals surface area contributed by atoms with E-state index in [1.54, 1.807) is 12.3 Å². The minimum absolute atomic E-state index is 0.0348. The van der Waals surface area contributed by atoms with Crippen molar-refractivity contribution in [2.24, 2.45) is 0 Å². The molecule has 0 spiro atoms. The van der Waals surface area contributed by atoms with E-state index in [4.69, 9.17) is 11.6 Å². The molecule has 3 rings (SSSR count). The monoisotopic (exact) mass is 351 g/mol. The first-order valence-electron chi connectivity index (χ1n) is 8.04. The fraction of sp³-hybridized carbons (Fsp3) is 0.150. The maximum Gasteiger partial charge on any atom is 0.221 e. The third kappa shape index (κ3) is 4.88. The lowest BCUT2D eigenvalue weighted by Crippen LogP contribution is -2.25. The Bertz CT molecular complexity index is 825. The van der Waals surface area contributed by atoms with Crippen molar-refractivity contribution >= 4 is 17.5 Å². The molecule has 1 heterocycles. The maximum absolute atomic E-state index is 12.5. The van der Waals surface area contributed by atoms with Crippen LogP contribution in [-0.4, -0.2) is 15.9 Å². The first-order valence-corrected chi connectivity index (χ1v) is 8.42. The molecule has 25 heavy (non-hydrogen) atoms. The summed E-state index contributed by atoms with van der Waals surface area (Å²) in [6.07, 6.45) is 3.48. The lowest BCUT2D eigenvalue weighted by molar-refractivity contribution is -0.121. The van der Waals surface area contributed by atoms with Crippen molar-refractivity contribution in [2.45, 2.75) is 18.9 Å². The van der Waals surface area contributed by atoms with E-state index in [9.17, 15) is 4.79 Å². The number of aromatic nitrogens is 2. The Morgan fingerprint density at radius 2 is 1.84 bits per heavy atom. The summed E-state index contributed by atoms with van der Waals surface area (Å²) >= 11 is 6.14. The molecular formula is C20H18ClN3O. The van der Waals surface area contributed by atoms with Gasteiger partial charge < -0.3 is 5.32 Å². The van der Waals surface area contributed by atoms with Crippen molar-refractivity contribution in [2.75, 3.05) is 0 Å². The number of benzene rings is 2. The van der Waals surface area contributed by atoms with Gasteiger partial charge in [0.05, 0.1) is 12.2 Å². The molecule has 5 heteroatoms. The average Bonchev–Trinajstić information content (AvgIpc) is 2.66. The first-order chi connectivity index (χ1) is 12.2. The molecule has 1 amide bonds. The van der Waals surface area contributed by atoms with E-state index in [2.05, 4.69) is 15.3 Å². The highest BCUT2D eigenvalue weighted by atomic mass is 35.5. The summed E-state index contributed by atoms with van der Waals surface area (Å²) in [5.74, 6) is -0.0854. The fourth-order valence-electron chi connectivity index (χ4n) is 2.71. The molecule has 0 aliphatic rings. The number of hydrogen-bond acceptors (Lipinski definition) is 3. The molecule has 1 atom stereocenters. The summed E-state index contributed by atoms with van der Waals surface area (Å²) in [7, 11) is 0. The van der Waals surface area contributed by atoms with Crippen molar-refractivity contribution in [1.82, 2.24) is 15.3 Å². The van der Waals surface area contributed by atoms with Gasteiger partial charge in [-0.15, -0.1) is 0 Å². The summed E-state index contributed by atoms with van der Waals surface area (Å²) in [6, 6.07) is 19.4. The molecular weight excluding hydrogens is 334 g/mol. The van der Waals surface area contributed by atoms with Crippen molar-refractivity contribution in [3.63, 3.8) is 0 Å². The Morgan fingerprint density at radius 1 is 1.04 bits per heavy atom. The third-order valence-corrected chi connectivity index (χ3v) is 4.19. The van der Waals surface area contributed by atoms with Gasteiger partial charge in [0.15, 0.2) is 0 Å². The minimum Gasteiger partial charge on any atom is -0.350 e. The Balaban J connectivity index is 1.75. The van der Waals surface area contributed by atoms with E-state index in [-0.39, 0.29) is 11.8 Å². The molecule has 3 aromatic rings. The average molecular weight is 352 g/mol. The van der Waals surface area contributed by atoms with Crippen molar-refractivity contribution in [3.05, 3.63) is 95.0 Å². The van der Waals surface area contributed by atoms with Crippen molar-refractivity contribution < 1.29 is 4.79 Å². The quantitative estimate of drug-likeness (QED) is 0.731. The molecule has 0 saturated carbocycles. The molecule has 1 aromatic heterocycles. The zero-order valence-electron chi connectivity index (χ0n) is 13.6. The Labute approximate surface area is 151 Å². The predicted molar refractivity (Wildman–Crippen MR) is 98.2 cm³/mol. The van der Waals surface area contributed by atoms with E-state index < -0.39 is 0 Å². The first kappa shape index (κ1) is 17.1. The van der Waals surface area contributed by atoms with Gasteiger partial charge in [0.25, 0.3) is 0 Å². The number of rotatable bonds is 6. The molecule has 1 N–H and O–H groups in total. The predicted octanol–water partition coefficient (Wildman–Crippen LogP) is 3.97. The number of amides is 1. The topological polar surface area (TPSA) is 54.9 Å². The summed E-state index contributed by atoms with van der Waals surface area (Å²) in [4.78, 5) is 20.5. The van der Waals surface area contributed by atoms with E-state index in [0.717, 1.165) is 16.8 Å². The SMILES string of the molecule is O=C(C[C@@H](c1ccccc1)c1cccc(Cl)c1)NCc1ccncn1. The van der Waals surface area contributed by atoms with Crippen LogP contribution in [0.5, 0.6) is 0 Å². The summed E-state index contributed by atoms with van der Waals surface area (Å²) in [5, 5.41) is 3.59. The number of nitrogens with zero attached hydrogens (tertiary/aromatic N) is 2. The van der Waals surface area contributed by atoms with Crippen LogP contribution in [0.1, 0.15) is 29.2 Å². The summed E-state index contributed by atoms with van der Waals surface area (Å²) < 4.78 is 0. The molecule has 0 aliphatic heterocycles. The second-order valence-electron chi connectivity index (χ2n) is 5.70. The van der Waals surface area contributed by atoms with Gasteiger partial charge >= 0.3 is 0 Å². The van der Waals surface area contributed by atoms with Crippen LogP contribution in [0, 0.1) is 0 Å².